The summed E-state index contributed by atoms with van der Waals surface area (Å²) in [5.74, 6) is -0.740. The van der Waals surface area contributed by atoms with E-state index in [0.717, 1.165) is 0 Å². The first-order valence-electron chi connectivity index (χ1n) is 5.09. The number of aromatic nitrogens is 3. The molecule has 0 radical (unpaired) electrons. The van der Waals surface area contributed by atoms with Crippen LogP contribution in [0.2, 0.25) is 0 Å². The fourth-order valence-electron chi connectivity index (χ4n) is 1.34. The van der Waals surface area contributed by atoms with Crippen LogP contribution < -0.4 is 5.32 Å². The first-order chi connectivity index (χ1) is 8.16. The van der Waals surface area contributed by atoms with E-state index in [0.29, 0.717) is 0 Å². The van der Waals surface area contributed by atoms with Crippen molar-refractivity contribution in [2.75, 3.05) is 5.32 Å². The minimum Gasteiger partial charge on any atom is -0.309 e. The minimum absolute atomic E-state index is 0.189. The second-order valence-corrected chi connectivity index (χ2v) is 3.50. The number of pyridine rings is 1. The van der Waals surface area contributed by atoms with Crippen LogP contribution in [0.1, 0.15) is 13.0 Å². The second kappa shape index (κ2) is 4.73. The van der Waals surface area contributed by atoms with Gasteiger partial charge in [0.2, 0.25) is 11.9 Å². The van der Waals surface area contributed by atoms with Gasteiger partial charge in [0.25, 0.3) is 0 Å². The maximum absolute atomic E-state index is 12.8. The van der Waals surface area contributed by atoms with Crippen LogP contribution in [0, 0.1) is 5.95 Å². The number of carbonyl (C=O) groups is 1. The Labute approximate surface area is 97.3 Å². The molecule has 2 rings (SSSR count). The average molecular weight is 234 g/mol. The molecule has 6 heteroatoms. The first kappa shape index (κ1) is 11.3. The molecule has 0 aliphatic rings. The molecule has 1 amide bonds. The van der Waals surface area contributed by atoms with Crippen molar-refractivity contribution in [3.63, 3.8) is 0 Å². The maximum atomic E-state index is 12.8. The van der Waals surface area contributed by atoms with Gasteiger partial charge in [0.1, 0.15) is 11.9 Å². The lowest BCUT2D eigenvalue weighted by Gasteiger charge is -2.11. The van der Waals surface area contributed by atoms with Gasteiger partial charge in [0.05, 0.1) is 0 Å². The number of carbonyl (C=O) groups excluding carboxylic acids is 1. The minimum atomic E-state index is -0.630. The molecular formula is C11H11FN4O. The SMILES string of the molecule is CC(C(=O)Nc1cccc(F)n1)n1cccn1. The number of hydrogen-bond donors (Lipinski definition) is 1. The molecule has 2 aromatic rings. The largest absolute Gasteiger partial charge is 0.309 e. The number of nitrogens with one attached hydrogen (secondary N) is 1. The lowest BCUT2D eigenvalue weighted by atomic mass is 10.3. The summed E-state index contributed by atoms with van der Waals surface area (Å²) in [7, 11) is 0. The van der Waals surface area contributed by atoms with Gasteiger partial charge < -0.3 is 5.32 Å². The highest BCUT2D eigenvalue weighted by molar-refractivity contribution is 5.92. The monoisotopic (exact) mass is 234 g/mol. The lowest BCUT2D eigenvalue weighted by Crippen LogP contribution is -2.24. The molecule has 1 atom stereocenters. The summed E-state index contributed by atoms with van der Waals surface area (Å²) in [6.07, 6.45) is 3.27. The van der Waals surface area contributed by atoms with Crippen LogP contribution in [0.4, 0.5) is 10.2 Å². The number of amides is 1. The Bertz CT molecular complexity index is 512. The van der Waals surface area contributed by atoms with Crippen LogP contribution in [0.15, 0.2) is 36.7 Å². The van der Waals surface area contributed by atoms with Gasteiger partial charge in [-0.15, -0.1) is 0 Å². The molecule has 5 nitrogen and oxygen atoms in total. The highest BCUT2D eigenvalue weighted by atomic mass is 19.1. The van der Waals surface area contributed by atoms with E-state index in [1.807, 2.05) is 0 Å². The summed E-state index contributed by atoms with van der Waals surface area (Å²) in [6, 6.07) is 5.47. The molecule has 2 aromatic heterocycles. The smallest absolute Gasteiger partial charge is 0.250 e. The van der Waals surface area contributed by atoms with E-state index < -0.39 is 12.0 Å². The van der Waals surface area contributed by atoms with E-state index >= 15 is 0 Å². The van der Waals surface area contributed by atoms with Crippen molar-refractivity contribution in [1.82, 2.24) is 14.8 Å². The summed E-state index contributed by atoms with van der Waals surface area (Å²) in [6.45, 7) is 1.70. The summed E-state index contributed by atoms with van der Waals surface area (Å²) in [5.41, 5.74) is 0. The molecule has 0 aliphatic heterocycles. The van der Waals surface area contributed by atoms with Crippen molar-refractivity contribution in [2.24, 2.45) is 0 Å². The van der Waals surface area contributed by atoms with Crippen molar-refractivity contribution in [3.05, 3.63) is 42.6 Å². The van der Waals surface area contributed by atoms with E-state index in [9.17, 15) is 9.18 Å². The van der Waals surface area contributed by atoms with Gasteiger partial charge in [-0.3, -0.25) is 9.48 Å². The first-order valence-corrected chi connectivity index (χ1v) is 5.09. The molecule has 0 saturated carbocycles. The maximum Gasteiger partial charge on any atom is 0.250 e. The van der Waals surface area contributed by atoms with Crippen LogP contribution >= 0.6 is 0 Å². The highest BCUT2D eigenvalue weighted by Gasteiger charge is 2.15. The predicted molar refractivity (Wildman–Crippen MR) is 59.8 cm³/mol. The summed E-state index contributed by atoms with van der Waals surface area (Å²) < 4.78 is 14.3. The van der Waals surface area contributed by atoms with Crippen molar-refractivity contribution in [3.8, 4) is 0 Å². The Morgan fingerprint density at radius 3 is 2.94 bits per heavy atom. The normalized spacial score (nSPS) is 12.1. The Morgan fingerprint density at radius 2 is 2.29 bits per heavy atom. The number of rotatable bonds is 3. The number of anilines is 1. The molecule has 88 valence electrons. The fourth-order valence-corrected chi connectivity index (χ4v) is 1.34. The van der Waals surface area contributed by atoms with Crippen LogP contribution in [-0.4, -0.2) is 20.7 Å². The average Bonchev–Trinajstić information content (AvgIpc) is 2.81. The van der Waals surface area contributed by atoms with Crippen LogP contribution in [0.3, 0.4) is 0 Å². The fraction of sp³-hybridized carbons (Fsp3) is 0.182. The van der Waals surface area contributed by atoms with Crippen molar-refractivity contribution < 1.29 is 9.18 Å². The second-order valence-electron chi connectivity index (χ2n) is 3.50. The van der Waals surface area contributed by atoms with Gasteiger partial charge >= 0.3 is 0 Å². The van der Waals surface area contributed by atoms with E-state index in [1.54, 1.807) is 25.4 Å². The van der Waals surface area contributed by atoms with Crippen LogP contribution in [0.25, 0.3) is 0 Å². The Morgan fingerprint density at radius 1 is 1.47 bits per heavy atom. The molecule has 1 N–H and O–H groups in total. The standard InChI is InChI=1S/C11H11FN4O/c1-8(16-7-3-6-13-16)11(17)15-10-5-2-4-9(12)14-10/h2-8H,1H3,(H,14,15,17). The topological polar surface area (TPSA) is 59.8 Å². The van der Waals surface area contributed by atoms with Crippen molar-refractivity contribution in [1.29, 1.82) is 0 Å². The Kier molecular flexibility index (Phi) is 3.13. The predicted octanol–water partition coefficient (Wildman–Crippen LogP) is 1.62. The van der Waals surface area contributed by atoms with Gasteiger partial charge in [0.15, 0.2) is 0 Å². The number of halogens is 1. The third-order valence-corrected chi connectivity index (χ3v) is 2.27. The number of hydrogen-bond acceptors (Lipinski definition) is 3. The zero-order valence-electron chi connectivity index (χ0n) is 9.17. The van der Waals surface area contributed by atoms with Crippen LogP contribution in [0.5, 0.6) is 0 Å². The van der Waals surface area contributed by atoms with E-state index in [2.05, 4.69) is 15.4 Å². The molecule has 2 heterocycles. The molecule has 17 heavy (non-hydrogen) atoms. The van der Waals surface area contributed by atoms with E-state index in [-0.39, 0.29) is 11.7 Å². The molecule has 1 unspecified atom stereocenters. The summed E-state index contributed by atoms with van der Waals surface area (Å²) in [5, 5.41) is 6.48. The van der Waals surface area contributed by atoms with Gasteiger partial charge in [-0.2, -0.15) is 9.49 Å². The molecule has 0 bridgehead atoms. The quantitative estimate of drug-likeness (QED) is 0.821. The van der Waals surface area contributed by atoms with Crippen molar-refractivity contribution >= 4 is 11.7 Å². The van der Waals surface area contributed by atoms with E-state index in [4.69, 9.17) is 0 Å². The van der Waals surface area contributed by atoms with Crippen LogP contribution in [-0.2, 0) is 4.79 Å². The molecule has 0 fully saturated rings. The van der Waals surface area contributed by atoms with Gasteiger partial charge in [-0.25, -0.2) is 4.98 Å². The molecular weight excluding hydrogens is 223 g/mol. The van der Waals surface area contributed by atoms with Crippen molar-refractivity contribution in [2.45, 2.75) is 13.0 Å². The lowest BCUT2D eigenvalue weighted by molar-refractivity contribution is -0.119. The third-order valence-electron chi connectivity index (χ3n) is 2.27. The third kappa shape index (κ3) is 2.66. The highest BCUT2D eigenvalue weighted by Crippen LogP contribution is 2.09. The zero-order valence-corrected chi connectivity index (χ0v) is 9.17. The molecule has 0 aromatic carbocycles. The summed E-state index contributed by atoms with van der Waals surface area (Å²) >= 11 is 0. The number of nitrogens with zero attached hydrogens (tertiary/aromatic N) is 3. The molecule has 0 spiro atoms. The molecule has 0 aliphatic carbocycles. The zero-order chi connectivity index (χ0) is 12.3. The summed E-state index contributed by atoms with van der Waals surface area (Å²) in [4.78, 5) is 15.3. The van der Waals surface area contributed by atoms with Gasteiger partial charge in [0, 0.05) is 12.4 Å². The van der Waals surface area contributed by atoms with Gasteiger partial charge in [-0.1, -0.05) is 6.07 Å². The van der Waals surface area contributed by atoms with E-state index in [1.165, 1.54) is 22.9 Å². The Balaban J connectivity index is 2.07. The Hall–Kier alpha value is -2.24. The molecule has 0 saturated heterocycles. The van der Waals surface area contributed by atoms with Gasteiger partial charge in [-0.05, 0) is 25.1 Å².